The van der Waals surface area contributed by atoms with Gasteiger partial charge in [-0.3, -0.25) is 0 Å². The summed E-state index contributed by atoms with van der Waals surface area (Å²) in [4.78, 5) is 12.1. The van der Waals surface area contributed by atoms with Gasteiger partial charge in [-0.1, -0.05) is 18.4 Å². The second-order valence-corrected chi connectivity index (χ2v) is 6.09. The van der Waals surface area contributed by atoms with Crippen molar-refractivity contribution in [3.63, 3.8) is 0 Å². The van der Waals surface area contributed by atoms with Gasteiger partial charge in [-0.2, -0.15) is 0 Å². The fourth-order valence-electron chi connectivity index (χ4n) is 1.91. The Morgan fingerprint density at radius 1 is 1.33 bits per heavy atom. The molecule has 106 valence electrons. The van der Waals surface area contributed by atoms with Crippen molar-refractivity contribution < 1.29 is 23.9 Å². The third kappa shape index (κ3) is 5.42. The summed E-state index contributed by atoms with van der Waals surface area (Å²) in [5, 5.41) is 8.92. The predicted molar refractivity (Wildman–Crippen MR) is 70.0 cm³/mol. The van der Waals surface area contributed by atoms with Crippen molar-refractivity contribution in [1.29, 1.82) is 0 Å². The lowest BCUT2D eigenvalue weighted by Gasteiger charge is -2.29. The average molecular weight is 279 g/mol. The first-order chi connectivity index (χ1) is 8.41. The molecule has 6 heteroatoms. The Balaban J connectivity index is 5.12. The molecular formula is C12H24O5P+. The lowest BCUT2D eigenvalue weighted by molar-refractivity contribution is -0.171. The zero-order chi connectivity index (χ0) is 14.2. The van der Waals surface area contributed by atoms with Crippen molar-refractivity contribution in [2.24, 2.45) is 5.92 Å². The van der Waals surface area contributed by atoms with E-state index in [0.29, 0.717) is 13.0 Å². The molecule has 0 aliphatic rings. The van der Waals surface area contributed by atoms with Gasteiger partial charge in [0.1, 0.15) is 0 Å². The topological polar surface area (TPSA) is 72.8 Å². The Morgan fingerprint density at radius 2 is 1.94 bits per heavy atom. The molecule has 0 amide bonds. The summed E-state index contributed by atoms with van der Waals surface area (Å²) < 4.78 is 22.2. The summed E-state index contributed by atoms with van der Waals surface area (Å²) in [6.45, 7) is 8.00. The largest absolute Gasteiger partial charge is 0.464 e. The summed E-state index contributed by atoms with van der Waals surface area (Å²) >= 11 is 0. The van der Waals surface area contributed by atoms with E-state index in [1.165, 1.54) is 0 Å². The molecule has 1 N–H and O–H groups in total. The van der Waals surface area contributed by atoms with Gasteiger partial charge < -0.3 is 14.6 Å². The van der Waals surface area contributed by atoms with Gasteiger partial charge in [0, 0.05) is 6.61 Å². The summed E-state index contributed by atoms with van der Waals surface area (Å²) in [6, 6.07) is 0. The van der Waals surface area contributed by atoms with Crippen molar-refractivity contribution in [3.05, 3.63) is 0 Å². The molecule has 0 rings (SSSR count). The molecule has 0 fully saturated rings. The number of ether oxygens (including phenoxy) is 2. The monoisotopic (exact) mass is 279 g/mol. The van der Waals surface area contributed by atoms with E-state index in [4.69, 9.17) is 14.6 Å². The molecular weight excluding hydrogens is 255 g/mol. The Hall–Kier alpha value is -0.510. The van der Waals surface area contributed by atoms with E-state index in [-0.39, 0.29) is 18.7 Å². The Morgan fingerprint density at radius 3 is 2.33 bits per heavy atom. The molecule has 0 aliphatic carbocycles. The number of hydrogen-bond acceptors (Lipinski definition) is 5. The third-order valence-electron chi connectivity index (χ3n) is 2.40. The van der Waals surface area contributed by atoms with Crippen LogP contribution in [0, 0.1) is 5.92 Å². The third-order valence-corrected chi connectivity index (χ3v) is 3.57. The van der Waals surface area contributed by atoms with Gasteiger partial charge in [0.05, 0.1) is 6.61 Å². The van der Waals surface area contributed by atoms with E-state index < -0.39 is 25.7 Å². The molecule has 0 aromatic carbocycles. The van der Waals surface area contributed by atoms with Crippen LogP contribution in [0.15, 0.2) is 0 Å². The standard InChI is InChI=1S/C12H24O5P/c1-5-16-11(14)12(17-6-2,7-10(3)4)8-18(15)9-13/h10,13H,5-9H2,1-4H3/q+1. The van der Waals surface area contributed by atoms with Crippen LogP contribution >= 0.6 is 7.80 Å². The minimum absolute atomic E-state index is 0.00366. The maximum Gasteiger partial charge on any atom is 0.370 e. The van der Waals surface area contributed by atoms with Crippen LogP contribution in [-0.4, -0.2) is 42.4 Å². The van der Waals surface area contributed by atoms with Crippen LogP contribution in [-0.2, 0) is 18.8 Å². The van der Waals surface area contributed by atoms with Crippen molar-refractivity contribution >= 4 is 13.8 Å². The quantitative estimate of drug-likeness (QED) is 0.517. The zero-order valence-electron chi connectivity index (χ0n) is 11.6. The first-order valence-electron chi connectivity index (χ1n) is 6.26. The van der Waals surface area contributed by atoms with Crippen molar-refractivity contribution in [2.45, 2.75) is 39.7 Å². The van der Waals surface area contributed by atoms with Crippen molar-refractivity contribution in [3.8, 4) is 0 Å². The van der Waals surface area contributed by atoms with Crippen LogP contribution < -0.4 is 0 Å². The van der Waals surface area contributed by atoms with Gasteiger partial charge in [-0.05, 0) is 26.2 Å². The summed E-state index contributed by atoms with van der Waals surface area (Å²) in [5.74, 6) is -0.291. The summed E-state index contributed by atoms with van der Waals surface area (Å²) in [6.07, 6.45) is -0.00785. The lowest BCUT2D eigenvalue weighted by atomic mass is 9.94. The van der Waals surface area contributed by atoms with Gasteiger partial charge >= 0.3 is 13.8 Å². The SMILES string of the molecule is CCOC(=O)C(CC(C)C)(C[P+](=O)CO)OCC. The minimum atomic E-state index is -1.87. The smallest absolute Gasteiger partial charge is 0.370 e. The second-order valence-electron chi connectivity index (χ2n) is 4.53. The predicted octanol–water partition coefficient (Wildman–Crippen LogP) is 2.15. The van der Waals surface area contributed by atoms with Crippen molar-refractivity contribution in [2.75, 3.05) is 25.7 Å². The van der Waals surface area contributed by atoms with Gasteiger partial charge in [-0.25, -0.2) is 4.79 Å². The molecule has 0 spiro atoms. The van der Waals surface area contributed by atoms with Crippen LogP contribution in [0.2, 0.25) is 0 Å². The highest BCUT2D eigenvalue weighted by molar-refractivity contribution is 7.44. The highest BCUT2D eigenvalue weighted by Gasteiger charge is 2.47. The maximum atomic E-state index is 12.1. The molecule has 18 heavy (non-hydrogen) atoms. The molecule has 0 saturated heterocycles. The van der Waals surface area contributed by atoms with Crippen LogP contribution in [0.4, 0.5) is 0 Å². The molecule has 0 aromatic rings. The fourth-order valence-corrected chi connectivity index (χ4v) is 2.93. The first kappa shape index (κ1) is 17.5. The number of esters is 1. The van der Waals surface area contributed by atoms with Crippen LogP contribution in [0.25, 0.3) is 0 Å². The van der Waals surface area contributed by atoms with Crippen LogP contribution in [0.5, 0.6) is 0 Å². The zero-order valence-corrected chi connectivity index (χ0v) is 12.5. The number of aliphatic hydroxyl groups is 1. The average Bonchev–Trinajstić information content (AvgIpc) is 2.28. The summed E-state index contributed by atoms with van der Waals surface area (Å²) in [7, 11) is -1.87. The van der Waals surface area contributed by atoms with Gasteiger partial charge in [0.25, 0.3) is 0 Å². The van der Waals surface area contributed by atoms with Gasteiger partial charge in [0.2, 0.25) is 11.9 Å². The number of rotatable bonds is 9. The molecule has 0 bridgehead atoms. The molecule has 0 aromatic heterocycles. The van der Waals surface area contributed by atoms with E-state index >= 15 is 0 Å². The summed E-state index contributed by atoms with van der Waals surface area (Å²) in [5.41, 5.74) is -1.20. The number of carbonyl (C=O) groups excluding carboxylic acids is 1. The highest BCUT2D eigenvalue weighted by Crippen LogP contribution is 2.33. The normalized spacial score (nSPS) is 15.3. The molecule has 0 radical (unpaired) electrons. The molecule has 2 unspecified atom stereocenters. The fraction of sp³-hybridized carbons (Fsp3) is 0.917. The molecule has 0 aliphatic heterocycles. The second kappa shape index (κ2) is 8.57. The highest BCUT2D eigenvalue weighted by atomic mass is 31.1. The molecule has 2 atom stereocenters. The van der Waals surface area contributed by atoms with E-state index in [2.05, 4.69) is 0 Å². The Labute approximate surface area is 110 Å². The van der Waals surface area contributed by atoms with E-state index in [0.717, 1.165) is 0 Å². The number of carbonyl (C=O) groups is 1. The number of hydrogen-bond donors (Lipinski definition) is 1. The first-order valence-corrected chi connectivity index (χ1v) is 7.89. The Kier molecular flexibility index (Phi) is 8.32. The molecule has 5 nitrogen and oxygen atoms in total. The van der Waals surface area contributed by atoms with E-state index in [1.54, 1.807) is 13.8 Å². The van der Waals surface area contributed by atoms with E-state index in [9.17, 15) is 9.36 Å². The van der Waals surface area contributed by atoms with Crippen LogP contribution in [0.1, 0.15) is 34.1 Å². The minimum Gasteiger partial charge on any atom is -0.464 e. The van der Waals surface area contributed by atoms with Crippen molar-refractivity contribution in [1.82, 2.24) is 0 Å². The van der Waals surface area contributed by atoms with Gasteiger partial charge in [-0.15, -0.1) is 0 Å². The maximum absolute atomic E-state index is 12.1. The van der Waals surface area contributed by atoms with Gasteiger partial charge in [0.15, 0.2) is 6.16 Å². The van der Waals surface area contributed by atoms with E-state index in [1.807, 2.05) is 13.8 Å². The molecule has 0 heterocycles. The molecule has 0 saturated carbocycles. The Bertz CT molecular complexity index is 280. The van der Waals surface area contributed by atoms with Crippen LogP contribution in [0.3, 0.4) is 0 Å². The number of aliphatic hydroxyl groups excluding tert-OH is 1. The lowest BCUT2D eigenvalue weighted by Crippen LogP contribution is -2.46.